The van der Waals surface area contributed by atoms with Crippen LogP contribution in [-0.2, 0) is 14.8 Å². The largest absolute Gasteiger partial charge is 0.493 e. The van der Waals surface area contributed by atoms with Crippen LogP contribution in [0, 0.1) is 6.92 Å². The number of morpholine rings is 1. The van der Waals surface area contributed by atoms with E-state index >= 15 is 0 Å². The molecule has 158 valence electrons. The predicted octanol–water partition coefficient (Wildman–Crippen LogP) is 2.36. The highest BCUT2D eigenvalue weighted by atomic mass is 32.2. The van der Waals surface area contributed by atoms with Crippen molar-refractivity contribution >= 4 is 10.0 Å². The smallest absolute Gasteiger partial charge is 0.241 e. The zero-order valence-electron chi connectivity index (χ0n) is 17.1. The Morgan fingerprint density at radius 2 is 1.69 bits per heavy atom. The van der Waals surface area contributed by atoms with Gasteiger partial charge < -0.3 is 14.2 Å². The van der Waals surface area contributed by atoms with Gasteiger partial charge in [-0.15, -0.1) is 0 Å². The minimum Gasteiger partial charge on any atom is -0.493 e. The Kier molecular flexibility index (Phi) is 7.13. The quantitative estimate of drug-likeness (QED) is 0.707. The summed E-state index contributed by atoms with van der Waals surface area (Å²) >= 11 is 0. The molecule has 1 atom stereocenters. The number of aryl methyl sites for hydroxylation is 1. The maximum absolute atomic E-state index is 13.1. The van der Waals surface area contributed by atoms with E-state index < -0.39 is 10.0 Å². The van der Waals surface area contributed by atoms with Crippen molar-refractivity contribution in [1.29, 1.82) is 0 Å². The van der Waals surface area contributed by atoms with Gasteiger partial charge in [0.1, 0.15) is 0 Å². The molecule has 0 radical (unpaired) electrons. The number of ether oxygens (including phenoxy) is 3. The number of hydrogen-bond donors (Lipinski definition) is 1. The first-order chi connectivity index (χ1) is 13.9. The Morgan fingerprint density at radius 3 is 2.31 bits per heavy atom. The first-order valence-corrected chi connectivity index (χ1v) is 11.0. The first-order valence-electron chi connectivity index (χ1n) is 9.54. The Balaban J connectivity index is 1.88. The molecule has 1 fully saturated rings. The number of nitrogens with one attached hydrogen (secondary N) is 1. The van der Waals surface area contributed by atoms with E-state index in [1.165, 1.54) is 26.4 Å². The Labute approximate surface area is 172 Å². The fourth-order valence-corrected chi connectivity index (χ4v) is 4.52. The zero-order chi connectivity index (χ0) is 20.9. The van der Waals surface area contributed by atoms with Crippen molar-refractivity contribution in [3.8, 4) is 11.5 Å². The maximum atomic E-state index is 13.1. The summed E-state index contributed by atoms with van der Waals surface area (Å²) in [6.45, 7) is 5.44. The van der Waals surface area contributed by atoms with Gasteiger partial charge in [0.25, 0.3) is 0 Å². The van der Waals surface area contributed by atoms with Gasteiger partial charge in [0.2, 0.25) is 10.0 Å². The van der Waals surface area contributed by atoms with E-state index in [1.807, 2.05) is 31.2 Å². The van der Waals surface area contributed by atoms with Crippen LogP contribution in [0.4, 0.5) is 0 Å². The Morgan fingerprint density at radius 1 is 1.03 bits per heavy atom. The fraction of sp³-hybridized carbons (Fsp3) is 0.429. The standard InChI is InChI=1S/C21H28N2O5S/c1-16-4-6-17(7-5-16)19(15-23-10-12-28-13-11-23)22-29(24,25)18-8-9-20(26-2)21(14-18)27-3/h4-9,14,19,22H,10-13,15H2,1-3H3/t19-/m0/s1. The summed E-state index contributed by atoms with van der Waals surface area (Å²) in [7, 11) is -0.774. The van der Waals surface area contributed by atoms with Crippen LogP contribution in [0.2, 0.25) is 0 Å². The van der Waals surface area contributed by atoms with E-state index in [4.69, 9.17) is 14.2 Å². The van der Waals surface area contributed by atoms with Crippen LogP contribution in [-0.4, -0.2) is 60.4 Å². The summed E-state index contributed by atoms with van der Waals surface area (Å²) < 4.78 is 45.0. The lowest BCUT2D eigenvalue weighted by Crippen LogP contribution is -2.43. The minimum absolute atomic E-state index is 0.134. The van der Waals surface area contributed by atoms with E-state index in [0.29, 0.717) is 31.3 Å². The van der Waals surface area contributed by atoms with Crippen LogP contribution in [0.1, 0.15) is 17.2 Å². The summed E-state index contributed by atoms with van der Waals surface area (Å²) in [6.07, 6.45) is 0. The molecule has 29 heavy (non-hydrogen) atoms. The van der Waals surface area contributed by atoms with Crippen LogP contribution >= 0.6 is 0 Å². The van der Waals surface area contributed by atoms with Crippen molar-refractivity contribution in [2.24, 2.45) is 0 Å². The molecule has 0 bridgehead atoms. The highest BCUT2D eigenvalue weighted by molar-refractivity contribution is 7.89. The van der Waals surface area contributed by atoms with Crippen LogP contribution in [0.15, 0.2) is 47.4 Å². The van der Waals surface area contributed by atoms with E-state index in [1.54, 1.807) is 6.07 Å². The van der Waals surface area contributed by atoms with Gasteiger partial charge >= 0.3 is 0 Å². The van der Waals surface area contributed by atoms with Crippen LogP contribution in [0.5, 0.6) is 11.5 Å². The van der Waals surface area contributed by atoms with Crippen molar-refractivity contribution in [3.05, 3.63) is 53.6 Å². The summed E-state index contributed by atoms with van der Waals surface area (Å²) in [5.74, 6) is 0.852. The second kappa shape index (κ2) is 9.58. The van der Waals surface area contributed by atoms with Gasteiger partial charge in [0.15, 0.2) is 11.5 Å². The Bertz CT molecular complexity index is 909. The number of methoxy groups -OCH3 is 2. The molecule has 7 nitrogen and oxygen atoms in total. The molecule has 1 saturated heterocycles. The predicted molar refractivity (Wildman–Crippen MR) is 111 cm³/mol. The number of benzene rings is 2. The first kappa shape index (κ1) is 21.6. The molecule has 1 heterocycles. The molecule has 0 amide bonds. The number of rotatable bonds is 8. The molecular weight excluding hydrogens is 392 g/mol. The molecule has 0 aromatic heterocycles. The molecule has 0 aliphatic carbocycles. The molecule has 2 aromatic carbocycles. The lowest BCUT2D eigenvalue weighted by molar-refractivity contribution is 0.0345. The molecule has 2 aromatic rings. The maximum Gasteiger partial charge on any atom is 0.241 e. The lowest BCUT2D eigenvalue weighted by Gasteiger charge is -2.31. The molecule has 0 spiro atoms. The number of sulfonamides is 1. The second-order valence-electron chi connectivity index (χ2n) is 7.01. The monoisotopic (exact) mass is 420 g/mol. The third kappa shape index (κ3) is 5.48. The third-order valence-electron chi connectivity index (χ3n) is 4.99. The summed E-state index contributed by atoms with van der Waals surface area (Å²) in [5.41, 5.74) is 2.05. The van der Waals surface area contributed by atoms with E-state index in [0.717, 1.165) is 24.2 Å². The fourth-order valence-electron chi connectivity index (χ4n) is 3.29. The molecule has 8 heteroatoms. The van der Waals surface area contributed by atoms with Gasteiger partial charge in [0.05, 0.1) is 38.4 Å². The van der Waals surface area contributed by atoms with Gasteiger partial charge in [0, 0.05) is 25.7 Å². The van der Waals surface area contributed by atoms with Gasteiger partial charge in [-0.05, 0) is 24.6 Å². The normalized spacial score (nSPS) is 16.4. The molecule has 0 saturated carbocycles. The summed E-state index contributed by atoms with van der Waals surface area (Å²) in [4.78, 5) is 2.35. The van der Waals surface area contributed by atoms with Gasteiger partial charge in [-0.3, -0.25) is 4.90 Å². The van der Waals surface area contributed by atoms with E-state index in [-0.39, 0.29) is 10.9 Å². The molecule has 0 unspecified atom stereocenters. The number of hydrogen-bond acceptors (Lipinski definition) is 6. The average Bonchev–Trinajstić information content (AvgIpc) is 2.74. The molecular formula is C21H28N2O5S. The minimum atomic E-state index is -3.77. The zero-order valence-corrected chi connectivity index (χ0v) is 17.9. The SMILES string of the molecule is COc1ccc(S(=O)(=O)N[C@@H](CN2CCOCC2)c2ccc(C)cc2)cc1OC. The van der Waals surface area contributed by atoms with Crippen LogP contribution < -0.4 is 14.2 Å². The van der Waals surface area contributed by atoms with Crippen molar-refractivity contribution in [2.45, 2.75) is 17.9 Å². The van der Waals surface area contributed by atoms with E-state index in [2.05, 4.69) is 9.62 Å². The number of nitrogens with zero attached hydrogens (tertiary/aromatic N) is 1. The summed E-state index contributed by atoms with van der Waals surface area (Å²) in [6, 6.07) is 12.1. The van der Waals surface area contributed by atoms with Gasteiger partial charge in [-0.1, -0.05) is 29.8 Å². The van der Waals surface area contributed by atoms with Crippen LogP contribution in [0.25, 0.3) is 0 Å². The van der Waals surface area contributed by atoms with Crippen molar-refractivity contribution in [3.63, 3.8) is 0 Å². The van der Waals surface area contributed by atoms with Crippen molar-refractivity contribution in [1.82, 2.24) is 9.62 Å². The third-order valence-corrected chi connectivity index (χ3v) is 6.46. The molecule has 1 N–H and O–H groups in total. The molecule has 1 aliphatic heterocycles. The lowest BCUT2D eigenvalue weighted by atomic mass is 10.1. The second-order valence-corrected chi connectivity index (χ2v) is 8.73. The van der Waals surface area contributed by atoms with Crippen molar-refractivity contribution < 1.29 is 22.6 Å². The molecule has 3 rings (SSSR count). The van der Waals surface area contributed by atoms with E-state index in [9.17, 15) is 8.42 Å². The Hall–Kier alpha value is -2.13. The van der Waals surface area contributed by atoms with Crippen molar-refractivity contribution in [2.75, 3.05) is 47.1 Å². The van der Waals surface area contributed by atoms with Gasteiger partial charge in [-0.25, -0.2) is 13.1 Å². The summed E-state index contributed by atoms with van der Waals surface area (Å²) in [5, 5.41) is 0. The molecule has 1 aliphatic rings. The highest BCUT2D eigenvalue weighted by Crippen LogP contribution is 2.30. The highest BCUT2D eigenvalue weighted by Gasteiger charge is 2.25. The topological polar surface area (TPSA) is 77.1 Å². The average molecular weight is 421 g/mol. The van der Waals surface area contributed by atoms with Crippen LogP contribution in [0.3, 0.4) is 0 Å². The van der Waals surface area contributed by atoms with Gasteiger partial charge in [-0.2, -0.15) is 0 Å².